The number of nitrogens with one attached hydrogen (secondary N) is 3. The zero-order valence-corrected chi connectivity index (χ0v) is 20.0. The molecule has 0 radical (unpaired) electrons. The van der Waals surface area contributed by atoms with Crippen molar-refractivity contribution in [1.29, 1.82) is 0 Å². The van der Waals surface area contributed by atoms with Gasteiger partial charge in [0.2, 0.25) is 11.7 Å². The summed E-state index contributed by atoms with van der Waals surface area (Å²) in [5.41, 5.74) is 0.740. The van der Waals surface area contributed by atoms with Crippen LogP contribution in [-0.2, 0) is 4.79 Å². The number of anilines is 1. The van der Waals surface area contributed by atoms with E-state index in [-0.39, 0.29) is 33.6 Å². The molecule has 0 unspecified atom stereocenters. The number of rotatable bonds is 4. The van der Waals surface area contributed by atoms with Crippen molar-refractivity contribution in [2.24, 2.45) is 0 Å². The van der Waals surface area contributed by atoms with Gasteiger partial charge < -0.3 is 20.5 Å². The van der Waals surface area contributed by atoms with Gasteiger partial charge in [-0.05, 0) is 42.7 Å². The largest absolute Gasteiger partial charge is 0.352 e. The maximum absolute atomic E-state index is 14.2. The number of hydrogen-bond acceptors (Lipinski definition) is 6. The third-order valence-electron chi connectivity index (χ3n) is 5.80. The maximum Gasteiger partial charge on any atom is 0.287 e. The van der Waals surface area contributed by atoms with Crippen molar-refractivity contribution in [2.45, 2.75) is 19.0 Å². The molecule has 12 heteroatoms. The zero-order chi connectivity index (χ0) is 24.9. The molecule has 3 heterocycles. The fraction of sp³-hybridized carbons (Fsp3) is 0.174. The van der Waals surface area contributed by atoms with Crippen LogP contribution in [0.2, 0.25) is 5.02 Å². The molecule has 9 nitrogen and oxygen atoms in total. The summed E-state index contributed by atoms with van der Waals surface area (Å²) in [7, 11) is 1.43. The third kappa shape index (κ3) is 3.82. The van der Waals surface area contributed by atoms with E-state index in [4.69, 9.17) is 11.6 Å². The molecule has 0 saturated carbocycles. The topological polar surface area (TPSA) is 118 Å². The molecule has 0 aliphatic carbocycles. The smallest absolute Gasteiger partial charge is 0.287 e. The SMILES string of the molecule is CNC(=O)c1nc(NC(=O)c2nsc3ccccc23)c2n1[C@@H](C)C(=O)N[C@H]2c1cc(F)ccc1Cl. The number of nitrogens with zero attached hydrogens (tertiary/aromatic N) is 3. The number of fused-ring (bicyclic) bond motifs is 2. The van der Waals surface area contributed by atoms with Crippen molar-refractivity contribution >= 4 is 56.8 Å². The highest BCUT2D eigenvalue weighted by Crippen LogP contribution is 2.39. The van der Waals surface area contributed by atoms with Gasteiger partial charge in [-0.3, -0.25) is 14.4 Å². The summed E-state index contributed by atoms with van der Waals surface area (Å²) >= 11 is 7.54. The summed E-state index contributed by atoms with van der Waals surface area (Å²) in [4.78, 5) is 43.1. The van der Waals surface area contributed by atoms with Gasteiger partial charge in [-0.15, -0.1) is 0 Å². The second kappa shape index (κ2) is 8.75. The van der Waals surface area contributed by atoms with Gasteiger partial charge in [0.25, 0.3) is 11.8 Å². The fourth-order valence-electron chi connectivity index (χ4n) is 4.10. The molecular weight excluding hydrogens is 495 g/mol. The Kier molecular flexibility index (Phi) is 5.73. The van der Waals surface area contributed by atoms with E-state index in [1.54, 1.807) is 19.1 Å². The molecule has 0 bridgehead atoms. The number of hydrogen-bond donors (Lipinski definition) is 3. The van der Waals surface area contributed by atoms with Crippen LogP contribution >= 0.6 is 23.1 Å². The summed E-state index contributed by atoms with van der Waals surface area (Å²) in [6.45, 7) is 1.59. The van der Waals surface area contributed by atoms with E-state index >= 15 is 0 Å². The average molecular weight is 513 g/mol. The quantitative estimate of drug-likeness (QED) is 0.385. The fourth-order valence-corrected chi connectivity index (χ4v) is 5.10. The number of benzene rings is 2. The van der Waals surface area contributed by atoms with E-state index in [0.717, 1.165) is 4.70 Å². The van der Waals surface area contributed by atoms with Crippen LogP contribution in [-0.4, -0.2) is 38.7 Å². The van der Waals surface area contributed by atoms with Gasteiger partial charge in [-0.25, -0.2) is 9.37 Å². The first-order valence-corrected chi connectivity index (χ1v) is 11.7. The summed E-state index contributed by atoms with van der Waals surface area (Å²) < 4.78 is 20.7. The molecule has 3 N–H and O–H groups in total. The van der Waals surface area contributed by atoms with E-state index in [1.807, 2.05) is 12.1 Å². The second-order valence-electron chi connectivity index (χ2n) is 7.88. The molecule has 2 atom stereocenters. The van der Waals surface area contributed by atoms with Crippen LogP contribution in [0, 0.1) is 5.82 Å². The van der Waals surface area contributed by atoms with Crippen molar-refractivity contribution in [3.05, 3.63) is 76.1 Å². The number of carbonyl (C=O) groups is 3. The number of halogens is 2. The van der Waals surface area contributed by atoms with E-state index < -0.39 is 35.6 Å². The highest BCUT2D eigenvalue weighted by atomic mass is 35.5. The Bertz CT molecular complexity index is 1520. The van der Waals surface area contributed by atoms with E-state index in [0.29, 0.717) is 5.39 Å². The maximum atomic E-state index is 14.2. The van der Waals surface area contributed by atoms with Crippen LogP contribution in [0.15, 0.2) is 42.5 Å². The molecule has 178 valence electrons. The van der Waals surface area contributed by atoms with Gasteiger partial charge in [0.05, 0.1) is 16.4 Å². The van der Waals surface area contributed by atoms with Crippen molar-refractivity contribution in [2.75, 3.05) is 12.4 Å². The highest BCUT2D eigenvalue weighted by molar-refractivity contribution is 7.13. The molecule has 5 rings (SSSR count). The van der Waals surface area contributed by atoms with Gasteiger partial charge in [0.1, 0.15) is 17.6 Å². The van der Waals surface area contributed by atoms with Crippen molar-refractivity contribution < 1.29 is 18.8 Å². The zero-order valence-electron chi connectivity index (χ0n) is 18.4. The molecule has 0 fully saturated rings. The van der Waals surface area contributed by atoms with Crippen molar-refractivity contribution in [3.63, 3.8) is 0 Å². The van der Waals surface area contributed by atoms with Gasteiger partial charge in [-0.1, -0.05) is 29.8 Å². The Hall–Kier alpha value is -3.83. The number of aromatic nitrogens is 3. The van der Waals surface area contributed by atoms with Crippen LogP contribution < -0.4 is 16.0 Å². The Labute approximate surface area is 207 Å². The Morgan fingerprint density at radius 2 is 1.97 bits per heavy atom. The Balaban J connectivity index is 1.68. The van der Waals surface area contributed by atoms with Crippen LogP contribution in [0.4, 0.5) is 10.2 Å². The molecule has 4 aromatic rings. The predicted molar refractivity (Wildman–Crippen MR) is 129 cm³/mol. The molecule has 0 saturated heterocycles. The minimum Gasteiger partial charge on any atom is -0.352 e. The molecular formula is C23H18ClFN6O3S. The minimum absolute atomic E-state index is 0.0304. The summed E-state index contributed by atoms with van der Waals surface area (Å²) in [6, 6.07) is 9.23. The van der Waals surface area contributed by atoms with Crippen molar-refractivity contribution in [1.82, 2.24) is 24.6 Å². The molecule has 3 amide bonds. The summed E-state index contributed by atoms with van der Waals surface area (Å²) in [5, 5.41) is 8.91. The lowest BCUT2D eigenvalue weighted by atomic mass is 9.99. The summed E-state index contributed by atoms with van der Waals surface area (Å²) in [6.07, 6.45) is 0. The number of amides is 3. The first kappa shape index (κ1) is 22.9. The molecule has 35 heavy (non-hydrogen) atoms. The standard InChI is InChI=1S/C23H18ClFN6O3S/c1-10-21(32)27-16(13-9-11(25)7-8-14(13)24)18-19(28-20(31(10)18)23(34)26-2)29-22(33)17-12-5-3-4-6-15(12)35-30-17/h3-10,16H,1-2H3,(H,26,34)(H,27,32)(H,29,33)/t10-,16-/m0/s1. The van der Waals surface area contributed by atoms with Gasteiger partial charge >= 0.3 is 0 Å². The third-order valence-corrected chi connectivity index (χ3v) is 6.97. The average Bonchev–Trinajstić information content (AvgIpc) is 3.45. The van der Waals surface area contributed by atoms with Crippen molar-refractivity contribution in [3.8, 4) is 0 Å². The number of carbonyl (C=O) groups excluding carboxylic acids is 3. The van der Waals surface area contributed by atoms with E-state index in [1.165, 1.54) is 41.3 Å². The summed E-state index contributed by atoms with van der Waals surface area (Å²) in [5.74, 6) is -2.14. The van der Waals surface area contributed by atoms with Crippen LogP contribution in [0.3, 0.4) is 0 Å². The number of imidazole rings is 1. The molecule has 1 aliphatic rings. The Morgan fingerprint density at radius 3 is 2.74 bits per heavy atom. The first-order valence-electron chi connectivity index (χ1n) is 10.6. The second-order valence-corrected chi connectivity index (χ2v) is 9.10. The van der Waals surface area contributed by atoms with E-state index in [2.05, 4.69) is 25.3 Å². The molecule has 1 aliphatic heterocycles. The van der Waals surface area contributed by atoms with Gasteiger partial charge in [0, 0.05) is 23.0 Å². The van der Waals surface area contributed by atoms with Crippen LogP contribution in [0.5, 0.6) is 0 Å². The van der Waals surface area contributed by atoms with Gasteiger partial charge in [0.15, 0.2) is 5.82 Å². The Morgan fingerprint density at radius 1 is 1.20 bits per heavy atom. The monoisotopic (exact) mass is 512 g/mol. The minimum atomic E-state index is -0.977. The van der Waals surface area contributed by atoms with Crippen LogP contribution in [0.25, 0.3) is 10.1 Å². The lowest BCUT2D eigenvalue weighted by molar-refractivity contribution is -0.125. The lowest BCUT2D eigenvalue weighted by Gasteiger charge is -2.31. The highest BCUT2D eigenvalue weighted by Gasteiger charge is 2.39. The van der Waals surface area contributed by atoms with Crippen LogP contribution in [0.1, 0.15) is 51.4 Å². The molecule has 2 aromatic heterocycles. The molecule has 2 aromatic carbocycles. The molecule has 0 spiro atoms. The van der Waals surface area contributed by atoms with E-state index in [9.17, 15) is 18.8 Å². The lowest BCUT2D eigenvalue weighted by Crippen LogP contribution is -2.43. The van der Waals surface area contributed by atoms with Gasteiger partial charge in [-0.2, -0.15) is 4.37 Å². The first-order chi connectivity index (χ1) is 16.8. The predicted octanol–water partition coefficient (Wildman–Crippen LogP) is 3.68. The normalized spacial score (nSPS) is 17.1.